The monoisotopic (exact) mass is 402 g/mol. The van der Waals surface area contributed by atoms with Gasteiger partial charge in [-0.3, -0.25) is 4.79 Å². The number of carbonyl (C=O) groups excluding carboxylic acids is 1. The minimum Gasteiger partial charge on any atom is -0.293 e. The zero-order valence-corrected chi connectivity index (χ0v) is 17.1. The summed E-state index contributed by atoms with van der Waals surface area (Å²) in [7, 11) is 0. The molecule has 1 atom stereocenters. The van der Waals surface area contributed by atoms with E-state index in [1.165, 1.54) is 28.7 Å². The van der Waals surface area contributed by atoms with Crippen molar-refractivity contribution in [3.63, 3.8) is 0 Å². The second-order valence-corrected chi connectivity index (χ2v) is 9.45. The van der Waals surface area contributed by atoms with Gasteiger partial charge in [-0.25, -0.2) is 9.97 Å². The number of ketones is 1. The summed E-state index contributed by atoms with van der Waals surface area (Å²) in [6.45, 7) is 3.87. The van der Waals surface area contributed by atoms with E-state index in [-0.39, 0.29) is 11.0 Å². The van der Waals surface area contributed by atoms with Crippen LogP contribution in [-0.2, 0) is 12.8 Å². The maximum Gasteiger partial charge on any atom is 0.175 e. The van der Waals surface area contributed by atoms with Crippen molar-refractivity contribution in [3.05, 3.63) is 51.1 Å². The molecule has 0 bridgehead atoms. The molecule has 0 aliphatic heterocycles. The molecule has 2 heterocycles. The fraction of sp³-hybridized carbons (Fsp3) is 0.350. The van der Waals surface area contributed by atoms with E-state index in [0.717, 1.165) is 28.5 Å². The summed E-state index contributed by atoms with van der Waals surface area (Å²) in [5.74, 6) is 0.866. The van der Waals surface area contributed by atoms with Crippen molar-refractivity contribution >= 4 is 50.7 Å². The summed E-state index contributed by atoms with van der Waals surface area (Å²) < 4.78 is 0. The number of hydrogen-bond donors (Lipinski definition) is 0. The number of aromatic nitrogens is 2. The van der Waals surface area contributed by atoms with Crippen molar-refractivity contribution in [2.45, 2.75) is 49.8 Å². The topological polar surface area (TPSA) is 42.9 Å². The van der Waals surface area contributed by atoms with Gasteiger partial charge >= 0.3 is 0 Å². The first-order valence-corrected chi connectivity index (χ1v) is 10.9. The Morgan fingerprint density at radius 1 is 1.19 bits per heavy atom. The Balaban J connectivity index is 1.69. The molecule has 0 fully saturated rings. The molecule has 2 aromatic heterocycles. The zero-order chi connectivity index (χ0) is 18.3. The van der Waals surface area contributed by atoms with Crippen LogP contribution in [0, 0.1) is 6.92 Å². The molecule has 0 radical (unpaired) electrons. The van der Waals surface area contributed by atoms with Gasteiger partial charge in [-0.15, -0.1) is 11.3 Å². The molecule has 0 amide bonds. The molecule has 6 heteroatoms. The van der Waals surface area contributed by atoms with Gasteiger partial charge < -0.3 is 0 Å². The Kier molecular flexibility index (Phi) is 5.04. The number of aryl methyl sites for hydroxylation is 3. The minimum atomic E-state index is -0.215. The summed E-state index contributed by atoms with van der Waals surface area (Å²) in [5.41, 5.74) is 2.09. The predicted octanol–water partition coefficient (Wildman–Crippen LogP) is 5.90. The summed E-state index contributed by atoms with van der Waals surface area (Å²) in [6, 6.07) is 7.09. The van der Waals surface area contributed by atoms with E-state index in [0.29, 0.717) is 10.6 Å². The third-order valence-corrected chi connectivity index (χ3v) is 7.20. The average Bonchev–Trinajstić information content (AvgIpc) is 2.99. The van der Waals surface area contributed by atoms with Crippen LogP contribution in [0.2, 0.25) is 5.02 Å². The highest BCUT2D eigenvalue weighted by Gasteiger charge is 2.24. The molecule has 0 saturated carbocycles. The quantitative estimate of drug-likeness (QED) is 0.309. The molecule has 1 aromatic carbocycles. The average molecular weight is 403 g/mol. The molecule has 0 unspecified atom stereocenters. The Morgan fingerprint density at radius 2 is 1.92 bits per heavy atom. The number of halogens is 1. The lowest BCUT2D eigenvalue weighted by atomic mass is 9.97. The number of thiophene rings is 1. The molecule has 0 saturated heterocycles. The molecule has 0 spiro atoms. The van der Waals surface area contributed by atoms with Crippen molar-refractivity contribution in [2.24, 2.45) is 0 Å². The Hall–Kier alpha value is -1.43. The summed E-state index contributed by atoms with van der Waals surface area (Å²) in [5, 5.41) is 2.55. The maximum absolute atomic E-state index is 12.8. The fourth-order valence-electron chi connectivity index (χ4n) is 3.38. The SMILES string of the molecule is Cc1nc(S[C@H](C)C(=O)c2ccc(Cl)cc2)c2c3c(sc2n1)CCCC3. The van der Waals surface area contributed by atoms with Gasteiger partial charge in [0.25, 0.3) is 0 Å². The standard InChI is InChI=1S/C20H19ClN2OS2/c1-11(18(24)13-7-9-14(21)10-8-13)25-19-17-15-5-3-4-6-16(15)26-20(17)23-12(2)22-19/h7-11H,3-6H2,1-2H3/t11-/m1/s1. The van der Waals surface area contributed by atoms with E-state index >= 15 is 0 Å². The van der Waals surface area contributed by atoms with Crippen molar-refractivity contribution < 1.29 is 4.79 Å². The number of benzene rings is 1. The number of rotatable bonds is 4. The molecule has 3 nitrogen and oxygen atoms in total. The van der Waals surface area contributed by atoms with Gasteiger partial charge in [-0.05, 0) is 69.4 Å². The molecule has 1 aliphatic carbocycles. The van der Waals surface area contributed by atoms with E-state index in [9.17, 15) is 4.79 Å². The Labute approximate surface area is 166 Å². The van der Waals surface area contributed by atoms with Crippen LogP contribution in [0.1, 0.15) is 46.4 Å². The van der Waals surface area contributed by atoms with E-state index in [2.05, 4.69) is 4.98 Å². The summed E-state index contributed by atoms with van der Waals surface area (Å²) in [6.07, 6.45) is 4.70. The van der Waals surface area contributed by atoms with Crippen LogP contribution < -0.4 is 0 Å². The lowest BCUT2D eigenvalue weighted by Gasteiger charge is -2.14. The normalized spacial score (nSPS) is 15.0. The van der Waals surface area contributed by atoms with Gasteiger partial charge in [0.1, 0.15) is 15.7 Å². The number of thioether (sulfide) groups is 1. The van der Waals surface area contributed by atoms with Crippen LogP contribution in [0.4, 0.5) is 0 Å². The largest absolute Gasteiger partial charge is 0.293 e. The fourth-order valence-corrected chi connectivity index (χ4v) is 5.98. The molecule has 26 heavy (non-hydrogen) atoms. The third kappa shape index (κ3) is 3.40. The highest BCUT2D eigenvalue weighted by molar-refractivity contribution is 8.00. The van der Waals surface area contributed by atoms with Crippen LogP contribution in [0.5, 0.6) is 0 Å². The first kappa shape index (κ1) is 18.0. The molecule has 134 valence electrons. The number of hydrogen-bond acceptors (Lipinski definition) is 5. The molecule has 0 N–H and O–H groups in total. The van der Waals surface area contributed by atoms with Gasteiger partial charge in [0.05, 0.1) is 5.25 Å². The predicted molar refractivity (Wildman–Crippen MR) is 110 cm³/mol. The highest BCUT2D eigenvalue weighted by Crippen LogP contribution is 2.40. The van der Waals surface area contributed by atoms with E-state index < -0.39 is 0 Å². The molecular weight excluding hydrogens is 384 g/mol. The van der Waals surface area contributed by atoms with Crippen LogP contribution in [0.15, 0.2) is 29.3 Å². The summed E-state index contributed by atoms with van der Waals surface area (Å²) >= 11 is 9.27. The first-order valence-electron chi connectivity index (χ1n) is 8.78. The number of carbonyl (C=O) groups is 1. The molecule has 1 aliphatic rings. The highest BCUT2D eigenvalue weighted by atomic mass is 35.5. The van der Waals surface area contributed by atoms with Crippen molar-refractivity contribution in [3.8, 4) is 0 Å². The van der Waals surface area contributed by atoms with Crippen LogP contribution >= 0.6 is 34.7 Å². The number of fused-ring (bicyclic) bond motifs is 3. The van der Waals surface area contributed by atoms with Gasteiger partial charge in [0.2, 0.25) is 0 Å². The van der Waals surface area contributed by atoms with Gasteiger partial charge in [-0.1, -0.05) is 23.4 Å². The van der Waals surface area contributed by atoms with Crippen molar-refractivity contribution in [1.29, 1.82) is 0 Å². The number of Topliss-reactive ketones (excluding diaryl/α,β-unsaturated/α-hetero) is 1. The zero-order valence-electron chi connectivity index (χ0n) is 14.7. The van der Waals surface area contributed by atoms with E-state index in [1.807, 2.05) is 13.8 Å². The number of nitrogens with zero attached hydrogens (tertiary/aromatic N) is 2. The van der Waals surface area contributed by atoms with Crippen molar-refractivity contribution in [1.82, 2.24) is 9.97 Å². The molecule has 4 rings (SSSR count). The smallest absolute Gasteiger partial charge is 0.175 e. The van der Waals surface area contributed by atoms with E-state index in [4.69, 9.17) is 16.6 Å². The second-order valence-electron chi connectivity index (χ2n) is 6.60. The second kappa shape index (κ2) is 7.29. The van der Waals surface area contributed by atoms with Gasteiger partial charge in [0.15, 0.2) is 5.78 Å². The van der Waals surface area contributed by atoms with Crippen LogP contribution in [0.25, 0.3) is 10.2 Å². The van der Waals surface area contributed by atoms with Crippen LogP contribution in [-0.4, -0.2) is 21.0 Å². The maximum atomic E-state index is 12.8. The van der Waals surface area contributed by atoms with Crippen molar-refractivity contribution in [2.75, 3.05) is 0 Å². The minimum absolute atomic E-state index is 0.0974. The summed E-state index contributed by atoms with van der Waals surface area (Å²) in [4.78, 5) is 24.7. The Bertz CT molecular complexity index is 982. The molecular formula is C20H19ClN2OS2. The van der Waals surface area contributed by atoms with Gasteiger partial charge in [0, 0.05) is 20.8 Å². The van der Waals surface area contributed by atoms with Crippen LogP contribution in [0.3, 0.4) is 0 Å². The lowest BCUT2D eigenvalue weighted by Crippen LogP contribution is -2.14. The van der Waals surface area contributed by atoms with E-state index in [1.54, 1.807) is 47.4 Å². The third-order valence-electron chi connectivity index (χ3n) is 4.68. The van der Waals surface area contributed by atoms with Gasteiger partial charge in [-0.2, -0.15) is 0 Å². The Morgan fingerprint density at radius 3 is 2.69 bits per heavy atom. The lowest BCUT2D eigenvalue weighted by molar-refractivity contribution is 0.0994. The first-order chi connectivity index (χ1) is 12.5. The molecule has 3 aromatic rings.